The van der Waals surface area contributed by atoms with E-state index in [9.17, 15) is 4.79 Å². The minimum absolute atomic E-state index is 0.107. The summed E-state index contributed by atoms with van der Waals surface area (Å²) < 4.78 is 55.0. The third-order valence-electron chi connectivity index (χ3n) is 5.51. The fraction of sp³-hybridized carbons (Fsp3) is 0.594. The summed E-state index contributed by atoms with van der Waals surface area (Å²) in [5.74, 6) is 1.45. The molecule has 2 rings (SSSR count). The van der Waals surface area contributed by atoms with Crippen LogP contribution in [0.1, 0.15) is 6.92 Å². The van der Waals surface area contributed by atoms with E-state index in [2.05, 4.69) is 5.32 Å². The maximum absolute atomic E-state index is 11.0. The van der Waals surface area contributed by atoms with Gasteiger partial charge in [0.1, 0.15) is 24.7 Å². The van der Waals surface area contributed by atoms with Crippen LogP contribution in [-0.4, -0.2) is 125 Å². The van der Waals surface area contributed by atoms with Crippen molar-refractivity contribution in [2.75, 3.05) is 124 Å². The first kappa shape index (κ1) is 37.4. The Labute approximate surface area is 261 Å². The number of rotatable bonds is 30. The van der Waals surface area contributed by atoms with Crippen LogP contribution in [-0.2, 0) is 42.7 Å². The molecule has 1 N–H and O–H groups in total. The summed E-state index contributed by atoms with van der Waals surface area (Å²) in [6.45, 7) is 10.4. The largest absolute Gasteiger partial charge is 0.491 e. The van der Waals surface area contributed by atoms with Crippen molar-refractivity contribution in [3.63, 3.8) is 0 Å². The maximum atomic E-state index is 11.0. The van der Waals surface area contributed by atoms with E-state index in [0.29, 0.717) is 119 Å². The summed E-state index contributed by atoms with van der Waals surface area (Å²) in [5.41, 5.74) is 0.733. The lowest BCUT2D eigenvalue weighted by Crippen LogP contribution is -2.15. The Morgan fingerprint density at radius 3 is 1.05 bits per heavy atom. The van der Waals surface area contributed by atoms with Crippen LogP contribution >= 0.6 is 0 Å². The zero-order valence-electron chi connectivity index (χ0n) is 25.9. The molecule has 2 aromatic carbocycles. The summed E-state index contributed by atoms with van der Waals surface area (Å²) >= 11 is 0. The highest BCUT2D eigenvalue weighted by Crippen LogP contribution is 2.15. The quantitative estimate of drug-likeness (QED) is 0.129. The van der Waals surface area contributed by atoms with Gasteiger partial charge in [-0.3, -0.25) is 4.79 Å². The van der Waals surface area contributed by atoms with Crippen molar-refractivity contribution in [2.45, 2.75) is 6.92 Å². The average Bonchev–Trinajstić information content (AvgIpc) is 3.03. The Bertz CT molecular complexity index is 918. The molecule has 248 valence electrons. The molecule has 0 saturated carbocycles. The number of carbonyl (C=O) groups excluding carboxylic acids is 1. The first-order valence-corrected chi connectivity index (χ1v) is 15.0. The smallest absolute Gasteiger partial charge is 0.221 e. The van der Waals surface area contributed by atoms with Crippen molar-refractivity contribution in [2.24, 2.45) is 0 Å². The molecule has 0 bridgehead atoms. The second kappa shape index (κ2) is 27.7. The summed E-state index contributed by atoms with van der Waals surface area (Å²) in [5, 5.41) is 2.71. The standard InChI is InChI=1S/C32H49NO11/c1-29(34)33-30-7-9-32(10-8-30)44-28-26-42-24-22-40-20-18-38-16-14-36-12-11-35-13-15-37-17-19-39-21-23-41-25-27-43-31-5-3-2-4-6-31/h2-10H,11-28H2,1H3,(H,33,34). The first-order chi connectivity index (χ1) is 21.7. The molecule has 44 heavy (non-hydrogen) atoms. The molecule has 0 fully saturated rings. The number of carbonyl (C=O) groups is 1. The van der Waals surface area contributed by atoms with E-state index in [4.69, 9.17) is 47.4 Å². The van der Waals surface area contributed by atoms with Crippen molar-refractivity contribution in [1.29, 1.82) is 0 Å². The normalized spacial score (nSPS) is 11.0. The molecule has 0 spiro atoms. The van der Waals surface area contributed by atoms with Crippen molar-refractivity contribution in [1.82, 2.24) is 0 Å². The number of ether oxygens (including phenoxy) is 10. The van der Waals surface area contributed by atoms with Gasteiger partial charge in [0, 0.05) is 12.6 Å². The van der Waals surface area contributed by atoms with Crippen LogP contribution in [0.5, 0.6) is 11.5 Å². The van der Waals surface area contributed by atoms with Crippen molar-refractivity contribution >= 4 is 11.6 Å². The van der Waals surface area contributed by atoms with Crippen LogP contribution in [0.3, 0.4) is 0 Å². The van der Waals surface area contributed by atoms with Crippen LogP contribution < -0.4 is 14.8 Å². The van der Waals surface area contributed by atoms with E-state index in [-0.39, 0.29) is 5.91 Å². The van der Waals surface area contributed by atoms with Gasteiger partial charge in [0.25, 0.3) is 0 Å². The monoisotopic (exact) mass is 623 g/mol. The van der Waals surface area contributed by atoms with Gasteiger partial charge in [0.15, 0.2) is 0 Å². The Balaban J connectivity index is 1.18. The third kappa shape index (κ3) is 22.7. The number of anilines is 1. The highest BCUT2D eigenvalue weighted by molar-refractivity contribution is 5.88. The number of hydrogen-bond donors (Lipinski definition) is 1. The number of hydrogen-bond acceptors (Lipinski definition) is 11. The molecule has 0 atom stereocenters. The van der Waals surface area contributed by atoms with E-state index in [0.717, 1.165) is 17.2 Å². The highest BCUT2D eigenvalue weighted by Gasteiger charge is 1.99. The van der Waals surface area contributed by atoms with Gasteiger partial charge in [-0.15, -0.1) is 0 Å². The Morgan fingerprint density at radius 2 is 0.727 bits per heavy atom. The number of para-hydroxylation sites is 1. The minimum Gasteiger partial charge on any atom is -0.491 e. The molecular weight excluding hydrogens is 574 g/mol. The van der Waals surface area contributed by atoms with Gasteiger partial charge >= 0.3 is 0 Å². The second-order valence-corrected chi connectivity index (χ2v) is 9.11. The molecule has 0 aliphatic carbocycles. The fourth-order valence-electron chi connectivity index (χ4n) is 3.43. The predicted molar refractivity (Wildman–Crippen MR) is 165 cm³/mol. The SMILES string of the molecule is CC(=O)Nc1ccc(OCCOCCOCCOCCOCCOCCOCCOCCOCCOc2ccccc2)cc1. The van der Waals surface area contributed by atoms with Crippen molar-refractivity contribution in [3.05, 3.63) is 54.6 Å². The van der Waals surface area contributed by atoms with Crippen LogP contribution in [0.25, 0.3) is 0 Å². The van der Waals surface area contributed by atoms with Crippen LogP contribution in [0.4, 0.5) is 5.69 Å². The summed E-state index contributed by atoms with van der Waals surface area (Å²) in [7, 11) is 0. The molecule has 0 radical (unpaired) electrons. The van der Waals surface area contributed by atoms with Crippen molar-refractivity contribution < 1.29 is 52.2 Å². The molecule has 0 aliphatic heterocycles. The third-order valence-corrected chi connectivity index (χ3v) is 5.51. The zero-order chi connectivity index (χ0) is 31.2. The van der Waals surface area contributed by atoms with Crippen LogP contribution in [0, 0.1) is 0 Å². The number of benzene rings is 2. The molecular formula is C32H49NO11. The fourth-order valence-corrected chi connectivity index (χ4v) is 3.43. The lowest BCUT2D eigenvalue weighted by atomic mass is 10.3. The van der Waals surface area contributed by atoms with E-state index in [1.54, 1.807) is 24.3 Å². The van der Waals surface area contributed by atoms with Gasteiger partial charge < -0.3 is 52.7 Å². The summed E-state index contributed by atoms with van der Waals surface area (Å²) in [4.78, 5) is 11.0. The molecule has 12 nitrogen and oxygen atoms in total. The number of nitrogens with one attached hydrogen (secondary N) is 1. The van der Waals surface area contributed by atoms with Crippen molar-refractivity contribution in [3.8, 4) is 11.5 Å². The average molecular weight is 624 g/mol. The molecule has 12 heteroatoms. The lowest BCUT2D eigenvalue weighted by molar-refractivity contribution is -0.114. The van der Waals surface area contributed by atoms with E-state index < -0.39 is 0 Å². The first-order valence-electron chi connectivity index (χ1n) is 15.0. The minimum atomic E-state index is -0.107. The van der Waals surface area contributed by atoms with Gasteiger partial charge in [-0.1, -0.05) is 18.2 Å². The lowest BCUT2D eigenvalue weighted by Gasteiger charge is -2.09. The van der Waals surface area contributed by atoms with E-state index in [1.165, 1.54) is 6.92 Å². The molecule has 0 aliphatic rings. The highest BCUT2D eigenvalue weighted by atomic mass is 16.6. The molecule has 1 amide bonds. The molecule has 0 heterocycles. The van der Waals surface area contributed by atoms with Gasteiger partial charge in [0.2, 0.25) is 5.91 Å². The zero-order valence-corrected chi connectivity index (χ0v) is 25.9. The van der Waals surface area contributed by atoms with E-state index >= 15 is 0 Å². The molecule has 2 aromatic rings. The van der Waals surface area contributed by atoms with Gasteiger partial charge in [-0.25, -0.2) is 0 Å². The topological polar surface area (TPSA) is 121 Å². The van der Waals surface area contributed by atoms with Gasteiger partial charge in [-0.05, 0) is 36.4 Å². The predicted octanol–water partition coefficient (Wildman–Crippen LogP) is 3.24. The molecule has 0 aromatic heterocycles. The summed E-state index contributed by atoms with van der Waals surface area (Å²) in [6.07, 6.45) is 0. The molecule has 0 saturated heterocycles. The Hall–Kier alpha value is -2.81. The Morgan fingerprint density at radius 1 is 0.432 bits per heavy atom. The second-order valence-electron chi connectivity index (χ2n) is 9.11. The van der Waals surface area contributed by atoms with Gasteiger partial charge in [0.05, 0.1) is 106 Å². The van der Waals surface area contributed by atoms with Crippen LogP contribution in [0.2, 0.25) is 0 Å². The van der Waals surface area contributed by atoms with E-state index in [1.807, 2.05) is 30.3 Å². The summed E-state index contributed by atoms with van der Waals surface area (Å²) in [6, 6.07) is 16.8. The van der Waals surface area contributed by atoms with Crippen LogP contribution in [0.15, 0.2) is 54.6 Å². The molecule has 0 unspecified atom stereocenters. The van der Waals surface area contributed by atoms with Gasteiger partial charge in [-0.2, -0.15) is 0 Å². The Kier molecular flexibility index (Phi) is 23.5. The number of amides is 1. The maximum Gasteiger partial charge on any atom is 0.221 e.